The highest BCUT2D eigenvalue weighted by molar-refractivity contribution is 7.80. The topological polar surface area (TPSA) is 30.5 Å². The van der Waals surface area contributed by atoms with Crippen molar-refractivity contribution in [1.29, 1.82) is 0 Å². The summed E-state index contributed by atoms with van der Waals surface area (Å²) in [4.78, 5) is 4.43. The Balaban J connectivity index is 1.55. The molecule has 0 aromatic heterocycles. The van der Waals surface area contributed by atoms with Gasteiger partial charge in [-0.3, -0.25) is 0 Å². The summed E-state index contributed by atoms with van der Waals surface area (Å²) in [7, 11) is 0. The lowest BCUT2D eigenvalue weighted by Gasteiger charge is -2.42. The molecule has 0 aliphatic carbocycles. The second kappa shape index (κ2) is 8.27. The van der Waals surface area contributed by atoms with Gasteiger partial charge in [0.25, 0.3) is 0 Å². The summed E-state index contributed by atoms with van der Waals surface area (Å²) < 4.78 is 0. The summed E-state index contributed by atoms with van der Waals surface area (Å²) in [5.74, 6) is 0. The van der Waals surface area contributed by atoms with E-state index in [4.69, 9.17) is 24.4 Å². The number of piperazine rings is 1. The van der Waals surface area contributed by atoms with Gasteiger partial charge in [-0.25, -0.2) is 0 Å². The predicted octanol–water partition coefficient (Wildman–Crippen LogP) is 3.79. The second-order valence-electron chi connectivity index (χ2n) is 6.08. The molecule has 6 heteroatoms. The van der Waals surface area contributed by atoms with E-state index in [1.54, 1.807) is 0 Å². The Morgan fingerprint density at radius 3 is 1.88 bits per heavy atom. The zero-order valence-corrected chi connectivity index (χ0v) is 15.8. The first-order chi connectivity index (χ1) is 12.1. The molecule has 2 aromatic rings. The first kappa shape index (κ1) is 17.6. The van der Waals surface area contributed by atoms with E-state index in [2.05, 4.69) is 27.4 Å². The van der Waals surface area contributed by atoms with Crippen molar-refractivity contribution >= 4 is 46.0 Å². The van der Waals surface area contributed by atoms with Crippen LogP contribution in [0.3, 0.4) is 0 Å². The molecule has 1 fully saturated rings. The number of para-hydroxylation sites is 2. The molecule has 1 atom stereocenters. The minimum absolute atomic E-state index is 0.285. The molecule has 1 unspecified atom stereocenters. The first-order valence-corrected chi connectivity index (χ1v) is 9.19. The maximum atomic E-state index is 5.59. The Morgan fingerprint density at radius 1 is 0.840 bits per heavy atom. The lowest BCUT2D eigenvalue weighted by Crippen LogP contribution is -2.57. The summed E-state index contributed by atoms with van der Waals surface area (Å²) >= 11 is 11.2. The summed E-state index contributed by atoms with van der Waals surface area (Å²) in [6.07, 6.45) is 0. The van der Waals surface area contributed by atoms with E-state index in [9.17, 15) is 0 Å². The minimum atomic E-state index is 0.285. The summed E-state index contributed by atoms with van der Waals surface area (Å²) in [6.45, 7) is 4.71. The molecule has 0 spiro atoms. The fourth-order valence-corrected chi connectivity index (χ4v) is 3.56. The van der Waals surface area contributed by atoms with Gasteiger partial charge in [0.15, 0.2) is 10.2 Å². The third-order valence-electron chi connectivity index (χ3n) is 4.23. The molecule has 1 saturated heterocycles. The lowest BCUT2D eigenvalue weighted by molar-refractivity contribution is 0.200. The Morgan fingerprint density at radius 2 is 1.36 bits per heavy atom. The summed E-state index contributed by atoms with van der Waals surface area (Å²) in [6, 6.07) is 20.4. The van der Waals surface area contributed by atoms with Gasteiger partial charge in [0.1, 0.15) is 0 Å². The minimum Gasteiger partial charge on any atom is -0.345 e. The van der Waals surface area contributed by atoms with E-state index >= 15 is 0 Å². The van der Waals surface area contributed by atoms with E-state index < -0.39 is 0 Å². The molecule has 2 N–H and O–H groups in total. The van der Waals surface area contributed by atoms with Crippen LogP contribution in [0.5, 0.6) is 0 Å². The molecule has 0 radical (unpaired) electrons. The number of nitrogens with one attached hydrogen (secondary N) is 2. The highest BCUT2D eigenvalue weighted by Crippen LogP contribution is 2.15. The van der Waals surface area contributed by atoms with Crippen LogP contribution in [0.25, 0.3) is 0 Å². The molecule has 130 valence electrons. The molecule has 4 nitrogen and oxygen atoms in total. The Labute approximate surface area is 159 Å². The molecule has 3 rings (SSSR count). The van der Waals surface area contributed by atoms with Crippen LogP contribution >= 0.6 is 24.4 Å². The van der Waals surface area contributed by atoms with Crippen molar-refractivity contribution in [2.75, 3.05) is 30.3 Å². The van der Waals surface area contributed by atoms with E-state index in [1.807, 2.05) is 60.7 Å². The average molecular weight is 371 g/mol. The van der Waals surface area contributed by atoms with Crippen LogP contribution in [0, 0.1) is 0 Å². The van der Waals surface area contributed by atoms with Crippen LogP contribution in [0.2, 0.25) is 0 Å². The number of benzene rings is 2. The van der Waals surface area contributed by atoms with Crippen LogP contribution in [0.1, 0.15) is 6.92 Å². The summed E-state index contributed by atoms with van der Waals surface area (Å²) in [5.41, 5.74) is 2.03. The number of hydrogen-bond acceptors (Lipinski definition) is 2. The van der Waals surface area contributed by atoms with Crippen molar-refractivity contribution in [2.45, 2.75) is 13.0 Å². The van der Waals surface area contributed by atoms with Crippen LogP contribution < -0.4 is 10.6 Å². The fraction of sp³-hybridized carbons (Fsp3) is 0.263. The highest BCUT2D eigenvalue weighted by atomic mass is 32.1. The predicted molar refractivity (Wildman–Crippen MR) is 113 cm³/mol. The van der Waals surface area contributed by atoms with Crippen molar-refractivity contribution in [2.24, 2.45) is 0 Å². The number of hydrogen-bond donors (Lipinski definition) is 2. The lowest BCUT2D eigenvalue weighted by atomic mass is 10.2. The molecule has 1 heterocycles. The zero-order valence-electron chi connectivity index (χ0n) is 14.2. The van der Waals surface area contributed by atoms with E-state index in [-0.39, 0.29) is 6.04 Å². The number of anilines is 2. The van der Waals surface area contributed by atoms with Crippen LogP contribution in [0.4, 0.5) is 11.4 Å². The number of rotatable bonds is 2. The molecule has 0 saturated carbocycles. The normalized spacial score (nSPS) is 17.1. The fourth-order valence-electron chi connectivity index (χ4n) is 2.88. The van der Waals surface area contributed by atoms with Gasteiger partial charge in [-0.2, -0.15) is 0 Å². The standard InChI is InChI=1S/C19H22N4S2/c1-15-14-22(18(24)20-16-8-4-2-5-9-16)12-13-23(15)19(25)21-17-10-6-3-7-11-17/h2-11,15H,12-14H2,1H3,(H,20,24)(H,21,25). The van der Waals surface area contributed by atoms with Crippen LogP contribution in [-0.2, 0) is 0 Å². The van der Waals surface area contributed by atoms with Crippen LogP contribution in [-0.4, -0.2) is 45.7 Å². The van der Waals surface area contributed by atoms with Crippen molar-refractivity contribution in [3.63, 3.8) is 0 Å². The third-order valence-corrected chi connectivity index (χ3v) is 4.92. The van der Waals surface area contributed by atoms with E-state index in [1.165, 1.54) is 0 Å². The van der Waals surface area contributed by atoms with Crippen molar-refractivity contribution in [1.82, 2.24) is 9.80 Å². The highest BCUT2D eigenvalue weighted by Gasteiger charge is 2.26. The second-order valence-corrected chi connectivity index (χ2v) is 6.85. The van der Waals surface area contributed by atoms with Gasteiger partial charge in [0.05, 0.1) is 0 Å². The molecule has 2 aromatic carbocycles. The van der Waals surface area contributed by atoms with Gasteiger partial charge in [-0.15, -0.1) is 0 Å². The third kappa shape index (κ3) is 4.67. The quantitative estimate of drug-likeness (QED) is 0.782. The molecular formula is C19H22N4S2. The Kier molecular flexibility index (Phi) is 5.83. The molecule has 1 aliphatic heterocycles. The molecule has 1 aliphatic rings. The molecular weight excluding hydrogens is 348 g/mol. The van der Waals surface area contributed by atoms with Crippen molar-refractivity contribution in [3.8, 4) is 0 Å². The van der Waals surface area contributed by atoms with Gasteiger partial charge in [0, 0.05) is 37.1 Å². The zero-order chi connectivity index (χ0) is 17.6. The van der Waals surface area contributed by atoms with Gasteiger partial charge < -0.3 is 20.4 Å². The number of thiocarbonyl (C=S) groups is 2. The van der Waals surface area contributed by atoms with Gasteiger partial charge in [0.2, 0.25) is 0 Å². The monoisotopic (exact) mass is 370 g/mol. The molecule has 0 amide bonds. The average Bonchev–Trinajstić information content (AvgIpc) is 2.63. The van der Waals surface area contributed by atoms with Crippen LogP contribution in [0.15, 0.2) is 60.7 Å². The maximum absolute atomic E-state index is 5.59. The largest absolute Gasteiger partial charge is 0.345 e. The Bertz CT molecular complexity index is 721. The van der Waals surface area contributed by atoms with Crippen molar-refractivity contribution in [3.05, 3.63) is 60.7 Å². The first-order valence-electron chi connectivity index (χ1n) is 8.37. The van der Waals surface area contributed by atoms with Gasteiger partial charge in [-0.05, 0) is 55.6 Å². The summed E-state index contributed by atoms with van der Waals surface area (Å²) in [5, 5.41) is 8.15. The SMILES string of the molecule is CC1CN(C(=S)Nc2ccccc2)CCN1C(=S)Nc1ccccc1. The van der Waals surface area contributed by atoms with E-state index in [0.717, 1.165) is 41.2 Å². The molecule has 0 bridgehead atoms. The number of nitrogens with zero attached hydrogens (tertiary/aromatic N) is 2. The van der Waals surface area contributed by atoms with Gasteiger partial charge in [-0.1, -0.05) is 36.4 Å². The maximum Gasteiger partial charge on any atom is 0.173 e. The molecule has 25 heavy (non-hydrogen) atoms. The smallest absolute Gasteiger partial charge is 0.173 e. The Hall–Kier alpha value is -2.18. The van der Waals surface area contributed by atoms with Crippen molar-refractivity contribution < 1.29 is 0 Å². The van der Waals surface area contributed by atoms with E-state index in [0.29, 0.717) is 0 Å². The van der Waals surface area contributed by atoms with Gasteiger partial charge >= 0.3 is 0 Å².